The van der Waals surface area contributed by atoms with E-state index in [1.807, 2.05) is 6.07 Å². The number of nitrogens with zero attached hydrogens (tertiary/aromatic N) is 1. The van der Waals surface area contributed by atoms with Gasteiger partial charge in [0.25, 0.3) is 5.91 Å². The average Bonchev–Trinajstić information content (AvgIpc) is 3.39. The fourth-order valence-corrected chi connectivity index (χ4v) is 2.90. The molecule has 4 rings (SSSR count). The lowest BCUT2D eigenvalue weighted by atomic mass is 10.2. The molecule has 0 radical (unpaired) electrons. The summed E-state index contributed by atoms with van der Waals surface area (Å²) in [6.07, 6.45) is 1.37. The minimum absolute atomic E-state index is 0.107. The molecule has 7 nitrogen and oxygen atoms in total. The van der Waals surface area contributed by atoms with Crippen LogP contribution in [0.3, 0.4) is 0 Å². The van der Waals surface area contributed by atoms with Gasteiger partial charge < -0.3 is 23.9 Å². The van der Waals surface area contributed by atoms with Crippen molar-refractivity contribution < 1.29 is 23.4 Å². The molecule has 0 spiro atoms. The highest BCUT2D eigenvalue weighted by atomic mass is 35.5. The van der Waals surface area contributed by atoms with E-state index >= 15 is 0 Å². The van der Waals surface area contributed by atoms with Crippen molar-refractivity contribution in [1.82, 2.24) is 0 Å². The number of hydrogen-bond acceptors (Lipinski definition) is 6. The molecule has 0 fully saturated rings. The molecular weight excluding hydrogens is 408 g/mol. The van der Waals surface area contributed by atoms with Crippen molar-refractivity contribution >= 4 is 29.3 Å². The third-order valence-electron chi connectivity index (χ3n) is 4.14. The zero-order chi connectivity index (χ0) is 20.9. The Morgan fingerprint density at radius 3 is 2.87 bits per heavy atom. The van der Waals surface area contributed by atoms with Crippen LogP contribution in [-0.4, -0.2) is 12.7 Å². The molecule has 8 heteroatoms. The number of furan rings is 1. The van der Waals surface area contributed by atoms with Crippen molar-refractivity contribution in [2.24, 2.45) is 0 Å². The summed E-state index contributed by atoms with van der Waals surface area (Å²) in [5.74, 6) is 2.07. The summed E-state index contributed by atoms with van der Waals surface area (Å²) in [4.78, 5) is 12.4. The number of anilines is 1. The monoisotopic (exact) mass is 422 g/mol. The van der Waals surface area contributed by atoms with Gasteiger partial charge in [0.2, 0.25) is 6.79 Å². The number of fused-ring (bicyclic) bond motifs is 1. The number of benzene rings is 2. The van der Waals surface area contributed by atoms with Gasteiger partial charge in [-0.05, 0) is 42.5 Å². The number of carbonyl (C=O) groups excluding carboxylic acids is 1. The molecule has 0 saturated heterocycles. The number of nitriles is 1. The number of ether oxygens (including phenoxy) is 3. The molecule has 0 saturated carbocycles. The van der Waals surface area contributed by atoms with Crippen molar-refractivity contribution in [2.75, 3.05) is 12.1 Å². The number of halogens is 1. The molecule has 1 aliphatic rings. The Kier molecular flexibility index (Phi) is 5.59. The molecular formula is C22H15ClN2O5. The van der Waals surface area contributed by atoms with Crippen LogP contribution in [0.15, 0.2) is 64.6 Å². The molecule has 0 bridgehead atoms. The minimum Gasteiger partial charge on any atom is -0.486 e. The van der Waals surface area contributed by atoms with Crippen LogP contribution in [0, 0.1) is 11.3 Å². The van der Waals surface area contributed by atoms with E-state index < -0.39 is 5.91 Å². The van der Waals surface area contributed by atoms with E-state index in [2.05, 4.69) is 5.32 Å². The van der Waals surface area contributed by atoms with Crippen molar-refractivity contribution in [3.05, 3.63) is 76.7 Å². The Morgan fingerprint density at radius 2 is 2.03 bits per heavy atom. The van der Waals surface area contributed by atoms with Gasteiger partial charge in [0.05, 0.1) is 0 Å². The van der Waals surface area contributed by atoms with Crippen LogP contribution in [0.25, 0.3) is 6.08 Å². The Balaban J connectivity index is 1.41. The highest BCUT2D eigenvalue weighted by Crippen LogP contribution is 2.34. The van der Waals surface area contributed by atoms with E-state index in [1.54, 1.807) is 54.6 Å². The maximum Gasteiger partial charge on any atom is 0.266 e. The van der Waals surface area contributed by atoms with Gasteiger partial charge in [0.15, 0.2) is 11.5 Å². The topological polar surface area (TPSA) is 93.7 Å². The number of amides is 1. The Labute approximate surface area is 177 Å². The molecule has 2 heterocycles. The summed E-state index contributed by atoms with van der Waals surface area (Å²) in [6, 6.07) is 17.2. The molecule has 150 valence electrons. The van der Waals surface area contributed by atoms with E-state index in [0.29, 0.717) is 39.5 Å². The van der Waals surface area contributed by atoms with Crippen LogP contribution in [0.2, 0.25) is 5.02 Å². The summed E-state index contributed by atoms with van der Waals surface area (Å²) in [7, 11) is 0. The van der Waals surface area contributed by atoms with Gasteiger partial charge in [-0.25, -0.2) is 0 Å². The number of rotatable bonds is 6. The van der Waals surface area contributed by atoms with Crippen molar-refractivity contribution in [2.45, 2.75) is 6.61 Å². The number of hydrogen-bond donors (Lipinski definition) is 1. The third-order valence-corrected chi connectivity index (χ3v) is 4.38. The first kappa shape index (κ1) is 19.4. The molecule has 30 heavy (non-hydrogen) atoms. The van der Waals surface area contributed by atoms with Gasteiger partial charge >= 0.3 is 0 Å². The smallest absolute Gasteiger partial charge is 0.266 e. The summed E-state index contributed by atoms with van der Waals surface area (Å²) >= 11 is 5.93. The highest BCUT2D eigenvalue weighted by Gasteiger charge is 2.16. The van der Waals surface area contributed by atoms with Crippen LogP contribution < -0.4 is 19.5 Å². The lowest BCUT2D eigenvalue weighted by molar-refractivity contribution is -0.112. The molecule has 1 aromatic heterocycles. The second-order valence-corrected chi connectivity index (χ2v) is 6.68. The minimum atomic E-state index is -0.565. The van der Waals surface area contributed by atoms with Gasteiger partial charge in [0, 0.05) is 22.9 Å². The first-order valence-electron chi connectivity index (χ1n) is 8.90. The lowest BCUT2D eigenvalue weighted by Gasteiger charge is -2.05. The largest absolute Gasteiger partial charge is 0.486 e. The summed E-state index contributed by atoms with van der Waals surface area (Å²) in [5.41, 5.74) is 0.379. The molecule has 1 aliphatic heterocycles. The lowest BCUT2D eigenvalue weighted by Crippen LogP contribution is -2.13. The van der Waals surface area contributed by atoms with Crippen LogP contribution in [0.1, 0.15) is 11.5 Å². The average molecular weight is 423 g/mol. The van der Waals surface area contributed by atoms with E-state index in [9.17, 15) is 10.1 Å². The second kappa shape index (κ2) is 8.64. The fraction of sp³-hybridized carbons (Fsp3) is 0.0909. The first-order valence-corrected chi connectivity index (χ1v) is 9.28. The van der Waals surface area contributed by atoms with E-state index in [4.69, 9.17) is 30.2 Å². The van der Waals surface area contributed by atoms with Crippen LogP contribution in [0.5, 0.6) is 17.2 Å². The van der Waals surface area contributed by atoms with Gasteiger partial charge in [0.1, 0.15) is 35.5 Å². The third kappa shape index (κ3) is 4.57. The predicted molar refractivity (Wildman–Crippen MR) is 109 cm³/mol. The zero-order valence-corrected chi connectivity index (χ0v) is 16.3. The highest BCUT2D eigenvalue weighted by molar-refractivity contribution is 6.30. The van der Waals surface area contributed by atoms with E-state index in [1.165, 1.54) is 6.08 Å². The first-order chi connectivity index (χ1) is 14.6. The fourth-order valence-electron chi connectivity index (χ4n) is 2.72. The summed E-state index contributed by atoms with van der Waals surface area (Å²) < 4.78 is 21.8. The van der Waals surface area contributed by atoms with E-state index in [-0.39, 0.29) is 19.0 Å². The predicted octanol–water partition coefficient (Wildman–Crippen LogP) is 4.79. The van der Waals surface area contributed by atoms with Crippen LogP contribution in [0.4, 0.5) is 5.69 Å². The van der Waals surface area contributed by atoms with Crippen molar-refractivity contribution in [3.8, 4) is 23.3 Å². The molecule has 2 aromatic carbocycles. The Morgan fingerprint density at radius 1 is 1.17 bits per heavy atom. The van der Waals surface area contributed by atoms with Crippen molar-refractivity contribution in [3.63, 3.8) is 0 Å². The molecule has 1 amide bonds. The second-order valence-electron chi connectivity index (χ2n) is 6.24. The Bertz CT molecular complexity index is 1160. The molecule has 0 unspecified atom stereocenters. The number of nitrogens with one attached hydrogen (secondary N) is 1. The standard InChI is InChI=1S/C22H15ClN2O5/c23-15-2-1-3-17(9-15)27-12-19-6-5-18(30-19)8-14(11-24)22(26)25-16-4-7-20-21(10-16)29-13-28-20/h1-10H,12-13H2,(H,25,26). The molecule has 0 atom stereocenters. The number of carbonyl (C=O) groups is 1. The summed E-state index contributed by atoms with van der Waals surface area (Å²) in [6.45, 7) is 0.317. The Hall–Kier alpha value is -3.89. The quantitative estimate of drug-likeness (QED) is 0.453. The van der Waals surface area contributed by atoms with Crippen LogP contribution in [-0.2, 0) is 11.4 Å². The van der Waals surface area contributed by atoms with Gasteiger partial charge in [-0.2, -0.15) is 5.26 Å². The molecule has 0 aliphatic carbocycles. The maximum atomic E-state index is 12.4. The molecule has 1 N–H and O–H groups in total. The van der Waals surface area contributed by atoms with Crippen LogP contribution >= 0.6 is 11.6 Å². The van der Waals surface area contributed by atoms with Gasteiger partial charge in [-0.3, -0.25) is 4.79 Å². The molecule has 3 aromatic rings. The normalized spacial score (nSPS) is 12.3. The SMILES string of the molecule is N#CC(=Cc1ccc(COc2cccc(Cl)c2)o1)C(=O)Nc1ccc2c(c1)OCO2. The summed E-state index contributed by atoms with van der Waals surface area (Å²) in [5, 5.41) is 12.6. The maximum absolute atomic E-state index is 12.4. The van der Waals surface area contributed by atoms with Gasteiger partial charge in [-0.1, -0.05) is 17.7 Å². The van der Waals surface area contributed by atoms with Gasteiger partial charge in [-0.15, -0.1) is 0 Å². The van der Waals surface area contributed by atoms with E-state index in [0.717, 1.165) is 0 Å². The van der Waals surface area contributed by atoms with Crippen molar-refractivity contribution in [1.29, 1.82) is 5.26 Å². The zero-order valence-electron chi connectivity index (χ0n) is 15.6.